The molecular weight excluding hydrogens is 230 g/mol. The minimum absolute atomic E-state index is 0.0157. The summed E-state index contributed by atoms with van der Waals surface area (Å²) in [7, 11) is 0. The van der Waals surface area contributed by atoms with Gasteiger partial charge in [-0.2, -0.15) is 0 Å². The van der Waals surface area contributed by atoms with Gasteiger partial charge < -0.3 is 15.5 Å². The highest BCUT2D eigenvalue weighted by atomic mass is 16.2. The van der Waals surface area contributed by atoms with Crippen LogP contribution in [-0.2, 0) is 9.59 Å². The molecule has 2 unspecified atom stereocenters. The number of hydrogen-bond acceptors (Lipinski definition) is 3. The minimum atomic E-state index is 0.0157. The van der Waals surface area contributed by atoms with Gasteiger partial charge in [0, 0.05) is 25.7 Å². The average molecular weight is 253 g/mol. The smallest absolute Gasteiger partial charge is 0.241 e. The van der Waals surface area contributed by atoms with Crippen LogP contribution in [0.2, 0.25) is 0 Å². The van der Waals surface area contributed by atoms with E-state index in [9.17, 15) is 9.59 Å². The van der Waals surface area contributed by atoms with Crippen LogP contribution in [0, 0.1) is 5.92 Å². The molecule has 2 aliphatic rings. The topological polar surface area (TPSA) is 61.4 Å². The summed E-state index contributed by atoms with van der Waals surface area (Å²) in [4.78, 5) is 25.5. The fourth-order valence-corrected chi connectivity index (χ4v) is 2.61. The predicted molar refractivity (Wildman–Crippen MR) is 69.0 cm³/mol. The number of amides is 2. The number of nitrogens with zero attached hydrogens (tertiary/aromatic N) is 1. The normalized spacial score (nSPS) is 28.2. The van der Waals surface area contributed by atoms with Gasteiger partial charge in [0.15, 0.2) is 0 Å². The van der Waals surface area contributed by atoms with Crippen LogP contribution in [0.25, 0.3) is 0 Å². The van der Waals surface area contributed by atoms with E-state index in [1.807, 2.05) is 4.90 Å². The first-order chi connectivity index (χ1) is 8.66. The van der Waals surface area contributed by atoms with Crippen LogP contribution < -0.4 is 10.6 Å². The third-order valence-corrected chi connectivity index (χ3v) is 3.90. The molecule has 2 aliphatic heterocycles. The summed E-state index contributed by atoms with van der Waals surface area (Å²) in [6, 6.07) is 0.500. The molecule has 2 fully saturated rings. The molecule has 2 amide bonds. The molecule has 2 saturated heterocycles. The molecule has 2 N–H and O–H groups in total. The van der Waals surface area contributed by atoms with Crippen LogP contribution in [0.5, 0.6) is 0 Å². The molecular formula is C13H23N3O2. The molecule has 5 nitrogen and oxygen atoms in total. The van der Waals surface area contributed by atoms with Crippen molar-refractivity contribution in [3.8, 4) is 0 Å². The van der Waals surface area contributed by atoms with E-state index in [-0.39, 0.29) is 24.3 Å². The summed E-state index contributed by atoms with van der Waals surface area (Å²) >= 11 is 0. The van der Waals surface area contributed by atoms with Gasteiger partial charge in [0.05, 0.1) is 12.5 Å². The van der Waals surface area contributed by atoms with Gasteiger partial charge in [0.2, 0.25) is 11.8 Å². The Balaban J connectivity index is 1.69. The number of hydrogen-bond donors (Lipinski definition) is 2. The van der Waals surface area contributed by atoms with E-state index in [1.54, 1.807) is 0 Å². The first kappa shape index (κ1) is 13.3. The molecule has 5 heteroatoms. The lowest BCUT2D eigenvalue weighted by atomic mass is 9.95. The standard InChI is InChI=1S/C13H23N3O2/c1-10-4-5-11(8-14-10)13(18)15-9-12(17)16-6-2-3-7-16/h10-11,14H,2-9H2,1H3,(H,15,18). The third kappa shape index (κ3) is 3.45. The second kappa shape index (κ2) is 6.18. The Kier molecular flexibility index (Phi) is 4.58. The van der Waals surface area contributed by atoms with E-state index in [0.29, 0.717) is 6.04 Å². The Morgan fingerprint density at radius 3 is 2.61 bits per heavy atom. The summed E-state index contributed by atoms with van der Waals surface area (Å²) in [5, 5.41) is 6.07. The van der Waals surface area contributed by atoms with Gasteiger partial charge in [0.25, 0.3) is 0 Å². The molecule has 2 heterocycles. The van der Waals surface area contributed by atoms with Crippen LogP contribution in [-0.4, -0.2) is 48.9 Å². The van der Waals surface area contributed by atoms with E-state index < -0.39 is 0 Å². The molecule has 0 aromatic carbocycles. The van der Waals surface area contributed by atoms with E-state index in [0.717, 1.165) is 45.3 Å². The van der Waals surface area contributed by atoms with Gasteiger partial charge in [-0.3, -0.25) is 9.59 Å². The quantitative estimate of drug-likeness (QED) is 0.750. The largest absolute Gasteiger partial charge is 0.347 e. The van der Waals surface area contributed by atoms with Crippen molar-refractivity contribution in [3.63, 3.8) is 0 Å². The Morgan fingerprint density at radius 1 is 1.28 bits per heavy atom. The van der Waals surface area contributed by atoms with Crippen LogP contribution in [0.15, 0.2) is 0 Å². The van der Waals surface area contributed by atoms with Gasteiger partial charge in [0.1, 0.15) is 0 Å². The molecule has 0 aliphatic carbocycles. The third-order valence-electron chi connectivity index (χ3n) is 3.90. The Morgan fingerprint density at radius 2 is 2.00 bits per heavy atom. The second-order valence-electron chi connectivity index (χ2n) is 5.39. The van der Waals surface area contributed by atoms with Gasteiger partial charge in [-0.25, -0.2) is 0 Å². The zero-order valence-electron chi connectivity index (χ0n) is 11.1. The van der Waals surface area contributed by atoms with E-state index >= 15 is 0 Å². The molecule has 18 heavy (non-hydrogen) atoms. The van der Waals surface area contributed by atoms with Gasteiger partial charge in [-0.05, 0) is 32.6 Å². The average Bonchev–Trinajstić information content (AvgIpc) is 2.90. The molecule has 2 atom stereocenters. The van der Waals surface area contributed by atoms with Gasteiger partial charge in [-0.1, -0.05) is 0 Å². The van der Waals surface area contributed by atoms with Crippen LogP contribution >= 0.6 is 0 Å². The highest BCUT2D eigenvalue weighted by Gasteiger charge is 2.25. The zero-order valence-corrected chi connectivity index (χ0v) is 11.1. The van der Waals surface area contributed by atoms with E-state index in [2.05, 4.69) is 17.6 Å². The lowest BCUT2D eigenvalue weighted by Gasteiger charge is -2.27. The second-order valence-corrected chi connectivity index (χ2v) is 5.39. The molecule has 0 saturated carbocycles. The van der Waals surface area contributed by atoms with Crippen molar-refractivity contribution in [1.82, 2.24) is 15.5 Å². The van der Waals surface area contributed by atoms with Crippen molar-refractivity contribution in [1.29, 1.82) is 0 Å². The number of likely N-dealkylation sites (tertiary alicyclic amines) is 1. The first-order valence-corrected chi connectivity index (χ1v) is 6.95. The summed E-state index contributed by atoms with van der Waals surface area (Å²) in [6.07, 6.45) is 4.12. The number of piperidine rings is 1. The Labute approximate surface area is 108 Å². The van der Waals surface area contributed by atoms with Crippen LogP contribution in [0.1, 0.15) is 32.6 Å². The van der Waals surface area contributed by atoms with E-state index in [1.165, 1.54) is 0 Å². The first-order valence-electron chi connectivity index (χ1n) is 6.95. The number of carbonyl (C=O) groups is 2. The highest BCUT2D eigenvalue weighted by Crippen LogP contribution is 2.14. The van der Waals surface area contributed by atoms with Crippen molar-refractivity contribution in [3.05, 3.63) is 0 Å². The van der Waals surface area contributed by atoms with Gasteiger partial charge >= 0.3 is 0 Å². The molecule has 2 rings (SSSR count). The fourth-order valence-electron chi connectivity index (χ4n) is 2.61. The van der Waals surface area contributed by atoms with Crippen molar-refractivity contribution >= 4 is 11.8 Å². The highest BCUT2D eigenvalue weighted by molar-refractivity contribution is 5.86. The van der Waals surface area contributed by atoms with Gasteiger partial charge in [-0.15, -0.1) is 0 Å². The molecule has 0 aromatic heterocycles. The predicted octanol–water partition coefficient (Wildman–Crippen LogP) is 0.113. The summed E-state index contributed by atoms with van der Waals surface area (Å²) in [6.45, 7) is 4.70. The minimum Gasteiger partial charge on any atom is -0.347 e. The summed E-state index contributed by atoms with van der Waals surface area (Å²) < 4.78 is 0. The maximum atomic E-state index is 11.9. The molecule has 0 aromatic rings. The molecule has 0 bridgehead atoms. The Hall–Kier alpha value is -1.10. The lowest BCUT2D eigenvalue weighted by molar-refractivity contribution is -0.133. The zero-order chi connectivity index (χ0) is 13.0. The van der Waals surface area contributed by atoms with Crippen LogP contribution in [0.3, 0.4) is 0 Å². The van der Waals surface area contributed by atoms with Crippen LogP contribution in [0.4, 0.5) is 0 Å². The summed E-state index contributed by atoms with van der Waals surface area (Å²) in [5.41, 5.74) is 0. The number of rotatable bonds is 3. The number of nitrogens with one attached hydrogen (secondary N) is 2. The SMILES string of the molecule is CC1CCC(C(=O)NCC(=O)N2CCCC2)CN1. The number of carbonyl (C=O) groups excluding carboxylic acids is 2. The molecule has 0 radical (unpaired) electrons. The molecule has 0 spiro atoms. The lowest BCUT2D eigenvalue weighted by Crippen LogP contribution is -2.46. The Bertz CT molecular complexity index is 305. The summed E-state index contributed by atoms with van der Waals surface area (Å²) in [5.74, 6) is 0.0903. The maximum absolute atomic E-state index is 11.9. The van der Waals surface area contributed by atoms with E-state index in [4.69, 9.17) is 0 Å². The van der Waals surface area contributed by atoms with Crippen molar-refractivity contribution < 1.29 is 9.59 Å². The van der Waals surface area contributed by atoms with Crippen molar-refractivity contribution in [2.75, 3.05) is 26.2 Å². The molecule has 102 valence electrons. The van der Waals surface area contributed by atoms with Crippen molar-refractivity contribution in [2.24, 2.45) is 5.92 Å². The maximum Gasteiger partial charge on any atom is 0.241 e. The fraction of sp³-hybridized carbons (Fsp3) is 0.846. The van der Waals surface area contributed by atoms with Crippen molar-refractivity contribution in [2.45, 2.75) is 38.6 Å². The monoisotopic (exact) mass is 253 g/mol.